The van der Waals surface area contributed by atoms with Gasteiger partial charge in [0.05, 0.1) is 0 Å². The zero-order valence-electron chi connectivity index (χ0n) is 8.19. The highest BCUT2D eigenvalue weighted by molar-refractivity contribution is 5.85. The van der Waals surface area contributed by atoms with E-state index in [1.807, 2.05) is 0 Å². The van der Waals surface area contributed by atoms with Crippen molar-refractivity contribution in [2.75, 3.05) is 6.54 Å². The second-order valence-corrected chi connectivity index (χ2v) is 4.79. The molecule has 0 unspecified atom stereocenters. The smallest absolute Gasteiger partial charge is 0.00125 e. The lowest BCUT2D eigenvalue weighted by atomic mass is 9.98. The molecule has 1 rings (SSSR count). The third kappa shape index (κ3) is 0.874. The summed E-state index contributed by atoms with van der Waals surface area (Å²) in [6, 6.07) is 0. The molecule has 0 aliphatic heterocycles. The fourth-order valence-corrected chi connectivity index (χ4v) is 2.22. The lowest BCUT2D eigenvalue weighted by Gasteiger charge is -2.10. The molecular formula is C9H20ClN. The maximum atomic E-state index is 5.72. The molecule has 0 aromatic rings. The molecule has 1 aliphatic carbocycles. The maximum absolute atomic E-state index is 5.72. The molecule has 1 aliphatic rings. The Kier molecular flexibility index (Phi) is 2.42. The summed E-state index contributed by atoms with van der Waals surface area (Å²) in [5, 5.41) is 0. The van der Waals surface area contributed by atoms with Gasteiger partial charge in [-0.1, -0.05) is 34.6 Å². The van der Waals surface area contributed by atoms with Gasteiger partial charge >= 0.3 is 0 Å². The van der Waals surface area contributed by atoms with E-state index in [2.05, 4.69) is 34.6 Å². The van der Waals surface area contributed by atoms with E-state index in [-0.39, 0.29) is 12.4 Å². The van der Waals surface area contributed by atoms with E-state index in [0.717, 1.165) is 6.54 Å². The first-order valence-electron chi connectivity index (χ1n) is 4.01. The van der Waals surface area contributed by atoms with E-state index in [9.17, 15) is 0 Å². The molecule has 1 saturated carbocycles. The van der Waals surface area contributed by atoms with Gasteiger partial charge in [-0.3, -0.25) is 0 Å². The van der Waals surface area contributed by atoms with Crippen LogP contribution in [0.1, 0.15) is 34.6 Å². The van der Waals surface area contributed by atoms with Gasteiger partial charge in [0.25, 0.3) is 0 Å². The van der Waals surface area contributed by atoms with Gasteiger partial charge in [0.1, 0.15) is 0 Å². The lowest BCUT2D eigenvalue weighted by molar-refractivity contribution is 0.421. The van der Waals surface area contributed by atoms with Gasteiger partial charge in [0.15, 0.2) is 0 Å². The zero-order valence-corrected chi connectivity index (χ0v) is 9.01. The summed E-state index contributed by atoms with van der Waals surface area (Å²) in [6.45, 7) is 12.3. The van der Waals surface area contributed by atoms with Crippen LogP contribution in [0.2, 0.25) is 0 Å². The first kappa shape index (κ1) is 11.2. The van der Waals surface area contributed by atoms with Crippen molar-refractivity contribution in [2.45, 2.75) is 34.6 Å². The van der Waals surface area contributed by atoms with Gasteiger partial charge in [-0.05, 0) is 22.8 Å². The standard InChI is InChI=1S/C9H19N.ClH/c1-7(2)8(3,4)9(7,5)6-10;/h6,10H2,1-5H3;1H. The molecule has 0 atom stereocenters. The Morgan fingerprint density at radius 2 is 1.18 bits per heavy atom. The topological polar surface area (TPSA) is 26.0 Å². The van der Waals surface area contributed by atoms with E-state index in [0.29, 0.717) is 16.2 Å². The summed E-state index contributed by atoms with van der Waals surface area (Å²) < 4.78 is 0. The van der Waals surface area contributed by atoms with Gasteiger partial charge in [0.2, 0.25) is 0 Å². The minimum Gasteiger partial charge on any atom is -0.330 e. The molecular weight excluding hydrogens is 158 g/mol. The van der Waals surface area contributed by atoms with Crippen LogP contribution >= 0.6 is 12.4 Å². The van der Waals surface area contributed by atoms with Crippen molar-refractivity contribution in [3.63, 3.8) is 0 Å². The number of nitrogens with two attached hydrogens (primary N) is 1. The summed E-state index contributed by atoms with van der Waals surface area (Å²) in [5.74, 6) is 0. The number of rotatable bonds is 1. The highest BCUT2D eigenvalue weighted by Crippen LogP contribution is 2.76. The fraction of sp³-hybridized carbons (Fsp3) is 1.00. The Bertz CT molecular complexity index is 147. The molecule has 0 amide bonds. The van der Waals surface area contributed by atoms with Crippen LogP contribution in [0.15, 0.2) is 0 Å². The van der Waals surface area contributed by atoms with Crippen LogP contribution in [-0.2, 0) is 0 Å². The van der Waals surface area contributed by atoms with Crippen molar-refractivity contribution in [2.24, 2.45) is 22.0 Å². The normalized spacial score (nSPS) is 28.9. The van der Waals surface area contributed by atoms with Crippen molar-refractivity contribution in [1.82, 2.24) is 0 Å². The van der Waals surface area contributed by atoms with Crippen molar-refractivity contribution in [3.8, 4) is 0 Å². The summed E-state index contributed by atoms with van der Waals surface area (Å²) in [4.78, 5) is 0. The monoisotopic (exact) mass is 177 g/mol. The molecule has 0 spiro atoms. The van der Waals surface area contributed by atoms with Gasteiger partial charge in [0, 0.05) is 0 Å². The fourth-order valence-electron chi connectivity index (χ4n) is 2.22. The van der Waals surface area contributed by atoms with Gasteiger partial charge in [-0.2, -0.15) is 0 Å². The summed E-state index contributed by atoms with van der Waals surface area (Å²) in [5.41, 5.74) is 6.93. The number of halogens is 1. The average molecular weight is 178 g/mol. The summed E-state index contributed by atoms with van der Waals surface area (Å²) >= 11 is 0. The maximum Gasteiger partial charge on any atom is -0.00125 e. The molecule has 0 heterocycles. The van der Waals surface area contributed by atoms with Crippen LogP contribution in [0, 0.1) is 16.2 Å². The van der Waals surface area contributed by atoms with Crippen molar-refractivity contribution in [3.05, 3.63) is 0 Å². The number of hydrogen-bond donors (Lipinski definition) is 1. The highest BCUT2D eigenvalue weighted by atomic mass is 35.5. The van der Waals surface area contributed by atoms with E-state index in [4.69, 9.17) is 5.73 Å². The Balaban J connectivity index is 0.000001000. The first-order chi connectivity index (χ1) is 4.31. The average Bonchev–Trinajstić information content (AvgIpc) is 2.11. The zero-order chi connectivity index (χ0) is 8.21. The first-order valence-corrected chi connectivity index (χ1v) is 4.01. The molecule has 0 radical (unpaired) electrons. The second-order valence-electron chi connectivity index (χ2n) is 4.79. The highest BCUT2D eigenvalue weighted by Gasteiger charge is 2.72. The molecule has 0 aromatic heterocycles. The van der Waals surface area contributed by atoms with Crippen LogP contribution in [-0.4, -0.2) is 6.54 Å². The molecule has 0 bridgehead atoms. The molecule has 1 fully saturated rings. The largest absolute Gasteiger partial charge is 0.330 e. The second kappa shape index (κ2) is 2.37. The third-order valence-corrected chi connectivity index (χ3v) is 4.67. The molecule has 0 aromatic carbocycles. The van der Waals surface area contributed by atoms with Gasteiger partial charge < -0.3 is 5.73 Å². The Labute approximate surface area is 76.1 Å². The van der Waals surface area contributed by atoms with E-state index in [1.54, 1.807) is 0 Å². The van der Waals surface area contributed by atoms with Crippen LogP contribution in [0.3, 0.4) is 0 Å². The Morgan fingerprint density at radius 3 is 1.18 bits per heavy atom. The van der Waals surface area contributed by atoms with Crippen LogP contribution in [0.4, 0.5) is 0 Å². The predicted molar refractivity (Wildman–Crippen MR) is 52.0 cm³/mol. The molecule has 68 valence electrons. The Morgan fingerprint density at radius 1 is 0.909 bits per heavy atom. The van der Waals surface area contributed by atoms with Gasteiger partial charge in [-0.15, -0.1) is 12.4 Å². The van der Waals surface area contributed by atoms with Gasteiger partial charge in [-0.25, -0.2) is 0 Å². The minimum absolute atomic E-state index is 0. The molecule has 2 N–H and O–H groups in total. The van der Waals surface area contributed by atoms with E-state index < -0.39 is 0 Å². The van der Waals surface area contributed by atoms with Crippen LogP contribution < -0.4 is 5.73 Å². The van der Waals surface area contributed by atoms with Crippen molar-refractivity contribution >= 4 is 12.4 Å². The molecule has 11 heavy (non-hydrogen) atoms. The van der Waals surface area contributed by atoms with Crippen LogP contribution in [0.5, 0.6) is 0 Å². The quantitative estimate of drug-likeness (QED) is 0.655. The van der Waals surface area contributed by atoms with Crippen LogP contribution in [0.25, 0.3) is 0 Å². The van der Waals surface area contributed by atoms with E-state index >= 15 is 0 Å². The molecule has 2 heteroatoms. The lowest BCUT2D eigenvalue weighted by Crippen LogP contribution is -2.18. The predicted octanol–water partition coefficient (Wildman–Crippen LogP) is 2.44. The molecule has 1 nitrogen and oxygen atoms in total. The number of hydrogen-bond acceptors (Lipinski definition) is 1. The van der Waals surface area contributed by atoms with Crippen molar-refractivity contribution in [1.29, 1.82) is 0 Å². The Hall–Kier alpha value is 0.250. The molecule has 0 saturated heterocycles. The third-order valence-electron chi connectivity index (χ3n) is 4.67. The summed E-state index contributed by atoms with van der Waals surface area (Å²) in [7, 11) is 0. The van der Waals surface area contributed by atoms with Crippen molar-refractivity contribution < 1.29 is 0 Å². The SMILES string of the molecule is CC1(C)C(C)(C)C1(C)CN.Cl. The van der Waals surface area contributed by atoms with E-state index in [1.165, 1.54) is 0 Å². The minimum atomic E-state index is 0. The summed E-state index contributed by atoms with van der Waals surface area (Å²) in [6.07, 6.45) is 0.